The van der Waals surface area contributed by atoms with Crippen molar-refractivity contribution in [3.8, 4) is 11.5 Å². The Balaban J connectivity index is 1.07. The minimum absolute atomic E-state index is 0.0751. The van der Waals surface area contributed by atoms with Crippen molar-refractivity contribution < 1.29 is 18.9 Å². The van der Waals surface area contributed by atoms with E-state index in [-0.39, 0.29) is 5.41 Å². The van der Waals surface area contributed by atoms with E-state index in [1.54, 1.807) is 0 Å². The molecule has 4 nitrogen and oxygen atoms in total. The van der Waals surface area contributed by atoms with Gasteiger partial charge < -0.3 is 18.9 Å². The molecule has 2 aliphatic rings. The first-order valence-electron chi connectivity index (χ1n) is 15.8. The molecule has 0 aliphatic carbocycles. The van der Waals surface area contributed by atoms with Crippen molar-refractivity contribution in [3.05, 3.63) is 59.7 Å². The van der Waals surface area contributed by atoms with Crippen LogP contribution in [0.3, 0.4) is 0 Å². The summed E-state index contributed by atoms with van der Waals surface area (Å²) in [7, 11) is 0. The highest BCUT2D eigenvalue weighted by Gasteiger charge is 2.23. The van der Waals surface area contributed by atoms with Crippen LogP contribution >= 0.6 is 0 Å². The van der Waals surface area contributed by atoms with Gasteiger partial charge >= 0.3 is 0 Å². The maximum atomic E-state index is 6.01. The van der Waals surface area contributed by atoms with Gasteiger partial charge in [-0.05, 0) is 61.1 Å². The second-order valence-electron chi connectivity index (χ2n) is 12.1. The van der Waals surface area contributed by atoms with Crippen LogP contribution in [0.25, 0.3) is 0 Å². The standard InChI is InChI=1S/C35H52O4/c1-35(2,29-17-21-31(22-18-29)36-25-13-9-5-3-7-11-15-33-27-38-33)30-19-23-32(24-20-30)37-26-14-10-6-4-8-12-16-34-28-39-34/h17-24,33-34H,3-16,25-28H2,1-2H3. The molecule has 4 rings (SSSR count). The summed E-state index contributed by atoms with van der Waals surface area (Å²) in [6.45, 7) is 8.17. The van der Waals surface area contributed by atoms with Crippen molar-refractivity contribution in [2.24, 2.45) is 0 Å². The SMILES string of the molecule is CC(C)(c1ccc(OCCCCCCCCC2CO2)cc1)c1ccc(OCCCCCCCCC2CO2)cc1. The van der Waals surface area contributed by atoms with E-state index >= 15 is 0 Å². The first kappa shape index (κ1) is 29.9. The number of hydrogen-bond acceptors (Lipinski definition) is 4. The Hall–Kier alpha value is -2.04. The molecular weight excluding hydrogens is 484 g/mol. The second kappa shape index (κ2) is 16.3. The van der Waals surface area contributed by atoms with Gasteiger partial charge in [0.2, 0.25) is 0 Å². The average molecular weight is 537 g/mol. The molecule has 0 aromatic heterocycles. The van der Waals surface area contributed by atoms with Crippen LogP contribution in [0.5, 0.6) is 11.5 Å². The largest absolute Gasteiger partial charge is 0.494 e. The second-order valence-corrected chi connectivity index (χ2v) is 12.1. The van der Waals surface area contributed by atoms with Crippen molar-refractivity contribution in [3.63, 3.8) is 0 Å². The zero-order valence-corrected chi connectivity index (χ0v) is 24.6. The van der Waals surface area contributed by atoms with Gasteiger partial charge in [0.25, 0.3) is 0 Å². The number of benzene rings is 2. The van der Waals surface area contributed by atoms with Gasteiger partial charge in [-0.1, -0.05) is 102 Å². The monoisotopic (exact) mass is 536 g/mol. The third-order valence-electron chi connectivity index (χ3n) is 8.34. The molecule has 0 N–H and O–H groups in total. The van der Waals surface area contributed by atoms with Gasteiger partial charge in [0.1, 0.15) is 11.5 Å². The van der Waals surface area contributed by atoms with Crippen molar-refractivity contribution in [1.82, 2.24) is 0 Å². The minimum Gasteiger partial charge on any atom is -0.494 e. The maximum Gasteiger partial charge on any atom is 0.119 e. The zero-order valence-electron chi connectivity index (χ0n) is 24.6. The minimum atomic E-state index is -0.0751. The van der Waals surface area contributed by atoms with Crippen LogP contribution in [-0.2, 0) is 14.9 Å². The fourth-order valence-electron chi connectivity index (χ4n) is 5.31. The van der Waals surface area contributed by atoms with Gasteiger partial charge in [0.15, 0.2) is 0 Å². The fraction of sp³-hybridized carbons (Fsp3) is 0.657. The first-order valence-corrected chi connectivity index (χ1v) is 15.8. The van der Waals surface area contributed by atoms with Gasteiger partial charge in [-0.25, -0.2) is 0 Å². The molecule has 2 atom stereocenters. The molecule has 2 aromatic carbocycles. The van der Waals surface area contributed by atoms with Crippen LogP contribution in [0.2, 0.25) is 0 Å². The van der Waals surface area contributed by atoms with E-state index in [4.69, 9.17) is 18.9 Å². The summed E-state index contributed by atoms with van der Waals surface area (Å²) in [5.74, 6) is 1.94. The van der Waals surface area contributed by atoms with Crippen LogP contribution in [0.15, 0.2) is 48.5 Å². The number of epoxide rings is 2. The van der Waals surface area contributed by atoms with E-state index < -0.39 is 0 Å². The predicted octanol–water partition coefficient (Wildman–Crippen LogP) is 9.03. The number of rotatable bonds is 22. The highest BCUT2D eigenvalue weighted by molar-refractivity contribution is 5.41. The predicted molar refractivity (Wildman–Crippen MR) is 160 cm³/mol. The Morgan fingerprint density at radius 1 is 0.538 bits per heavy atom. The van der Waals surface area contributed by atoms with E-state index in [1.807, 2.05) is 0 Å². The molecule has 2 fully saturated rings. The van der Waals surface area contributed by atoms with Gasteiger partial charge in [0.05, 0.1) is 38.6 Å². The van der Waals surface area contributed by atoms with Gasteiger partial charge in [-0.2, -0.15) is 0 Å². The number of ether oxygens (including phenoxy) is 4. The van der Waals surface area contributed by atoms with Crippen LogP contribution in [0.4, 0.5) is 0 Å². The van der Waals surface area contributed by atoms with Crippen molar-refractivity contribution >= 4 is 0 Å². The third-order valence-corrected chi connectivity index (χ3v) is 8.34. The lowest BCUT2D eigenvalue weighted by molar-refractivity contribution is 0.304. The summed E-state index contributed by atoms with van der Waals surface area (Å²) < 4.78 is 22.6. The summed E-state index contributed by atoms with van der Waals surface area (Å²) in [6.07, 6.45) is 19.1. The molecule has 0 amide bonds. The van der Waals surface area contributed by atoms with Crippen LogP contribution in [-0.4, -0.2) is 38.6 Å². The lowest BCUT2D eigenvalue weighted by Crippen LogP contribution is -2.18. The highest BCUT2D eigenvalue weighted by Crippen LogP contribution is 2.33. The molecule has 0 spiro atoms. The molecule has 4 heteroatoms. The van der Waals surface area contributed by atoms with Gasteiger partial charge in [-0.15, -0.1) is 0 Å². The fourth-order valence-corrected chi connectivity index (χ4v) is 5.31. The lowest BCUT2D eigenvalue weighted by Gasteiger charge is -2.26. The highest BCUT2D eigenvalue weighted by atomic mass is 16.6. The van der Waals surface area contributed by atoms with Crippen LogP contribution < -0.4 is 9.47 Å². The molecule has 2 saturated heterocycles. The van der Waals surface area contributed by atoms with Crippen LogP contribution in [0.1, 0.15) is 115 Å². The lowest BCUT2D eigenvalue weighted by atomic mass is 9.78. The van der Waals surface area contributed by atoms with Gasteiger partial charge in [0, 0.05) is 5.41 Å². The topological polar surface area (TPSA) is 43.5 Å². The average Bonchev–Trinajstić information content (AvgIpc) is 3.88. The Bertz CT molecular complexity index is 837. The third kappa shape index (κ3) is 11.5. The molecule has 39 heavy (non-hydrogen) atoms. The first-order chi connectivity index (χ1) is 19.1. The molecule has 0 radical (unpaired) electrons. The van der Waals surface area contributed by atoms with Gasteiger partial charge in [-0.3, -0.25) is 0 Å². The quantitative estimate of drug-likeness (QED) is 0.111. The molecule has 2 aliphatic heterocycles. The van der Waals surface area contributed by atoms with E-state index in [1.165, 1.54) is 88.2 Å². The molecule has 2 unspecified atom stereocenters. The Morgan fingerprint density at radius 3 is 1.23 bits per heavy atom. The van der Waals surface area contributed by atoms with E-state index in [0.717, 1.165) is 50.8 Å². The Kier molecular flexibility index (Phi) is 12.5. The summed E-state index contributed by atoms with van der Waals surface area (Å²) in [5, 5.41) is 0. The smallest absolute Gasteiger partial charge is 0.119 e. The van der Waals surface area contributed by atoms with Crippen molar-refractivity contribution in [1.29, 1.82) is 0 Å². The zero-order chi connectivity index (χ0) is 27.2. The molecule has 2 heterocycles. The number of unbranched alkanes of at least 4 members (excludes halogenated alkanes) is 10. The molecular formula is C35H52O4. The normalized spacial score (nSPS) is 18.2. The Labute approximate surface area is 237 Å². The van der Waals surface area contributed by atoms with Crippen molar-refractivity contribution in [2.45, 2.75) is 121 Å². The van der Waals surface area contributed by atoms with E-state index in [9.17, 15) is 0 Å². The molecule has 0 bridgehead atoms. The molecule has 2 aromatic rings. The summed E-state index contributed by atoms with van der Waals surface area (Å²) in [4.78, 5) is 0. The van der Waals surface area contributed by atoms with Crippen molar-refractivity contribution in [2.75, 3.05) is 26.4 Å². The summed E-state index contributed by atoms with van der Waals surface area (Å²) >= 11 is 0. The maximum absolute atomic E-state index is 6.01. The summed E-state index contributed by atoms with van der Waals surface area (Å²) in [5.41, 5.74) is 2.52. The van der Waals surface area contributed by atoms with E-state index in [2.05, 4.69) is 62.4 Å². The molecule has 0 saturated carbocycles. The van der Waals surface area contributed by atoms with E-state index in [0.29, 0.717) is 12.2 Å². The summed E-state index contributed by atoms with van der Waals surface area (Å²) in [6, 6.07) is 17.3. The Morgan fingerprint density at radius 2 is 0.872 bits per heavy atom. The number of hydrogen-bond donors (Lipinski definition) is 0. The van der Waals surface area contributed by atoms with Crippen LogP contribution in [0, 0.1) is 0 Å². The molecule has 216 valence electrons.